The molecule has 2 aromatic heterocycles. The van der Waals surface area contributed by atoms with Crippen LogP contribution in [-0.4, -0.2) is 16.5 Å². The van der Waals surface area contributed by atoms with E-state index in [1.54, 1.807) is 18.7 Å². The Hall–Kier alpha value is -1.33. The molecule has 0 bridgehead atoms. The van der Waals surface area contributed by atoms with Crippen molar-refractivity contribution in [3.8, 4) is 0 Å². The zero-order valence-electron chi connectivity index (χ0n) is 10.6. The normalized spacial score (nSPS) is 11.1. The molecular weight excluding hydrogens is 246 g/mol. The second-order valence-electron chi connectivity index (χ2n) is 4.39. The summed E-state index contributed by atoms with van der Waals surface area (Å²) in [6.07, 6.45) is 5.00. The van der Waals surface area contributed by atoms with E-state index in [9.17, 15) is 0 Å². The van der Waals surface area contributed by atoms with Crippen molar-refractivity contribution in [2.75, 3.05) is 6.54 Å². The van der Waals surface area contributed by atoms with E-state index in [1.165, 1.54) is 17.3 Å². The van der Waals surface area contributed by atoms with Gasteiger partial charge in [-0.25, -0.2) is 9.97 Å². The zero-order valence-corrected chi connectivity index (χ0v) is 11.4. The molecule has 0 saturated heterocycles. The average Bonchev–Trinajstić information content (AvgIpc) is 2.84. The van der Waals surface area contributed by atoms with Crippen molar-refractivity contribution in [1.82, 2.24) is 15.3 Å². The first-order valence-corrected chi connectivity index (χ1v) is 6.79. The van der Waals surface area contributed by atoms with E-state index < -0.39 is 0 Å². The van der Waals surface area contributed by atoms with Crippen LogP contribution in [0.25, 0.3) is 0 Å². The number of nitrogens with zero attached hydrogens (tertiary/aromatic N) is 2. The van der Waals surface area contributed by atoms with E-state index in [1.807, 2.05) is 6.07 Å². The van der Waals surface area contributed by atoms with Crippen LogP contribution in [0.2, 0.25) is 0 Å². The van der Waals surface area contributed by atoms with Crippen molar-refractivity contribution in [3.63, 3.8) is 0 Å². The fourth-order valence-electron chi connectivity index (χ4n) is 1.49. The lowest BCUT2D eigenvalue weighted by Gasteiger charge is -2.09. The van der Waals surface area contributed by atoms with Crippen molar-refractivity contribution in [2.45, 2.75) is 30.6 Å². The second kappa shape index (κ2) is 6.56. The molecule has 96 valence electrons. The molecule has 0 radical (unpaired) electrons. The Morgan fingerprint density at radius 2 is 2.22 bits per heavy atom. The highest BCUT2D eigenvalue weighted by atomic mass is 32.2. The molecule has 0 aliphatic rings. The van der Waals surface area contributed by atoms with Gasteiger partial charge < -0.3 is 9.73 Å². The van der Waals surface area contributed by atoms with E-state index in [-0.39, 0.29) is 0 Å². The van der Waals surface area contributed by atoms with E-state index in [4.69, 9.17) is 4.42 Å². The van der Waals surface area contributed by atoms with Gasteiger partial charge in [0.1, 0.15) is 11.3 Å². The molecule has 0 saturated carbocycles. The largest absolute Gasteiger partial charge is 0.440 e. The fraction of sp³-hybridized carbons (Fsp3) is 0.385. The maximum Gasteiger partial charge on any atom is 0.261 e. The quantitative estimate of drug-likeness (QED) is 0.868. The molecule has 0 spiro atoms. The van der Waals surface area contributed by atoms with Gasteiger partial charge in [0.2, 0.25) is 0 Å². The smallest absolute Gasteiger partial charge is 0.261 e. The molecule has 0 atom stereocenters. The number of oxazole rings is 1. The van der Waals surface area contributed by atoms with E-state index in [2.05, 4.69) is 35.2 Å². The minimum atomic E-state index is 0.624. The monoisotopic (exact) mass is 263 g/mol. The molecule has 0 fully saturated rings. The van der Waals surface area contributed by atoms with Gasteiger partial charge in [0.25, 0.3) is 5.22 Å². The Morgan fingerprint density at radius 3 is 2.94 bits per heavy atom. The average molecular weight is 263 g/mol. The Labute approximate surface area is 111 Å². The fourth-order valence-corrected chi connectivity index (χ4v) is 2.26. The molecule has 0 aliphatic carbocycles. The molecule has 18 heavy (non-hydrogen) atoms. The van der Waals surface area contributed by atoms with E-state index in [0.29, 0.717) is 11.1 Å². The van der Waals surface area contributed by atoms with Crippen LogP contribution in [0.4, 0.5) is 0 Å². The minimum absolute atomic E-state index is 0.624. The SMILES string of the molecule is CC(C)CNCc1cccnc1Sc1ncco1. The maximum absolute atomic E-state index is 5.23. The van der Waals surface area contributed by atoms with Crippen molar-refractivity contribution >= 4 is 11.8 Å². The van der Waals surface area contributed by atoms with Gasteiger partial charge in [0.15, 0.2) is 0 Å². The lowest BCUT2D eigenvalue weighted by Crippen LogP contribution is -2.19. The first-order valence-electron chi connectivity index (χ1n) is 5.97. The summed E-state index contributed by atoms with van der Waals surface area (Å²) in [5.41, 5.74) is 1.17. The molecular formula is C13H17N3OS. The van der Waals surface area contributed by atoms with Crippen LogP contribution in [0.5, 0.6) is 0 Å². The molecule has 0 aromatic carbocycles. The Bertz CT molecular complexity index is 471. The third-order valence-electron chi connectivity index (χ3n) is 2.31. The van der Waals surface area contributed by atoms with Gasteiger partial charge in [0, 0.05) is 12.7 Å². The van der Waals surface area contributed by atoms with Gasteiger partial charge in [-0.15, -0.1) is 0 Å². The molecule has 5 heteroatoms. The summed E-state index contributed by atoms with van der Waals surface area (Å²) in [5.74, 6) is 0.643. The summed E-state index contributed by atoms with van der Waals surface area (Å²) in [7, 11) is 0. The van der Waals surface area contributed by atoms with Crippen molar-refractivity contribution in [1.29, 1.82) is 0 Å². The molecule has 2 aromatic rings. The van der Waals surface area contributed by atoms with Crippen LogP contribution in [-0.2, 0) is 6.54 Å². The summed E-state index contributed by atoms with van der Waals surface area (Å²) in [4.78, 5) is 8.47. The molecule has 0 amide bonds. The maximum atomic E-state index is 5.23. The lowest BCUT2D eigenvalue weighted by atomic mass is 10.2. The number of rotatable bonds is 6. The minimum Gasteiger partial charge on any atom is -0.440 e. The highest BCUT2D eigenvalue weighted by Gasteiger charge is 2.08. The zero-order chi connectivity index (χ0) is 12.8. The number of aromatic nitrogens is 2. The Kier molecular flexibility index (Phi) is 4.78. The van der Waals surface area contributed by atoms with E-state index >= 15 is 0 Å². The van der Waals surface area contributed by atoms with Gasteiger partial charge in [-0.05, 0) is 35.9 Å². The highest BCUT2D eigenvalue weighted by Crippen LogP contribution is 2.26. The molecule has 2 rings (SSSR count). The Morgan fingerprint density at radius 1 is 1.33 bits per heavy atom. The number of hydrogen-bond acceptors (Lipinski definition) is 5. The molecule has 1 N–H and O–H groups in total. The summed E-state index contributed by atoms with van der Waals surface area (Å²) in [5, 5.41) is 4.98. The second-order valence-corrected chi connectivity index (χ2v) is 5.33. The van der Waals surface area contributed by atoms with Gasteiger partial charge in [-0.1, -0.05) is 19.9 Å². The summed E-state index contributed by atoms with van der Waals surface area (Å²) in [6.45, 7) is 6.20. The van der Waals surface area contributed by atoms with Crippen LogP contribution < -0.4 is 5.32 Å². The molecule has 0 unspecified atom stereocenters. The van der Waals surface area contributed by atoms with Crippen LogP contribution in [0.1, 0.15) is 19.4 Å². The molecule has 2 heterocycles. The van der Waals surface area contributed by atoms with Crippen LogP contribution >= 0.6 is 11.8 Å². The van der Waals surface area contributed by atoms with Crippen LogP contribution in [0.3, 0.4) is 0 Å². The predicted molar refractivity (Wildman–Crippen MR) is 71.4 cm³/mol. The number of pyridine rings is 1. The summed E-state index contributed by atoms with van der Waals surface area (Å²) < 4.78 is 5.23. The summed E-state index contributed by atoms with van der Waals surface area (Å²) >= 11 is 1.45. The number of nitrogens with one attached hydrogen (secondary N) is 1. The predicted octanol–water partition coefficient (Wildman–Crippen LogP) is 2.97. The van der Waals surface area contributed by atoms with E-state index in [0.717, 1.165) is 18.1 Å². The third kappa shape index (κ3) is 3.85. The van der Waals surface area contributed by atoms with Crippen molar-refractivity contribution in [3.05, 3.63) is 36.4 Å². The van der Waals surface area contributed by atoms with Crippen LogP contribution in [0.15, 0.2) is 45.5 Å². The first-order chi connectivity index (χ1) is 8.75. The lowest BCUT2D eigenvalue weighted by molar-refractivity contribution is 0.453. The van der Waals surface area contributed by atoms with Gasteiger partial charge >= 0.3 is 0 Å². The van der Waals surface area contributed by atoms with Gasteiger partial charge in [-0.3, -0.25) is 0 Å². The molecule has 0 aliphatic heterocycles. The van der Waals surface area contributed by atoms with Crippen LogP contribution in [0, 0.1) is 5.92 Å². The van der Waals surface area contributed by atoms with Gasteiger partial charge in [-0.2, -0.15) is 0 Å². The topological polar surface area (TPSA) is 51.0 Å². The Balaban J connectivity index is 2.01. The molecule has 4 nitrogen and oxygen atoms in total. The summed E-state index contributed by atoms with van der Waals surface area (Å²) in [6, 6.07) is 4.03. The van der Waals surface area contributed by atoms with Crippen molar-refractivity contribution < 1.29 is 4.42 Å². The third-order valence-corrected chi connectivity index (χ3v) is 3.25. The highest BCUT2D eigenvalue weighted by molar-refractivity contribution is 7.99. The van der Waals surface area contributed by atoms with Crippen molar-refractivity contribution in [2.24, 2.45) is 5.92 Å². The standard InChI is InChI=1S/C13H17N3OS/c1-10(2)8-14-9-11-4-3-5-15-12(11)18-13-16-6-7-17-13/h3-7,10,14H,8-9H2,1-2H3. The first kappa shape index (κ1) is 13.1. The number of hydrogen-bond donors (Lipinski definition) is 1. The van der Waals surface area contributed by atoms with Gasteiger partial charge in [0.05, 0.1) is 6.20 Å².